The number of aromatic amines is 1. The highest BCUT2D eigenvalue weighted by Crippen LogP contribution is 2.21. The summed E-state index contributed by atoms with van der Waals surface area (Å²) in [5, 5.41) is 12.4. The number of alkyl carbamates (subject to hydrolysis) is 1. The second-order valence-corrected chi connectivity index (χ2v) is 8.37. The number of ether oxygens (including phenoxy) is 1. The third-order valence-electron chi connectivity index (χ3n) is 4.50. The van der Waals surface area contributed by atoms with Crippen molar-refractivity contribution in [3.8, 4) is 0 Å². The number of nitrogens with one attached hydrogen (secondary N) is 2. The Morgan fingerprint density at radius 3 is 2.39 bits per heavy atom. The minimum atomic E-state index is -1.36. The van der Waals surface area contributed by atoms with Crippen LogP contribution in [0.1, 0.15) is 37.9 Å². The predicted octanol–water partition coefficient (Wildman–Crippen LogP) is 1.02. The molecule has 3 N–H and O–H groups in total. The van der Waals surface area contributed by atoms with Crippen molar-refractivity contribution in [3.63, 3.8) is 0 Å². The molecule has 2 rings (SSSR count). The lowest BCUT2D eigenvalue weighted by atomic mass is 10.1. The first-order valence-corrected chi connectivity index (χ1v) is 10.2. The Bertz CT molecular complexity index is 1120. The largest absolute Gasteiger partial charge is 0.479 e. The molecule has 1 atom stereocenters. The van der Waals surface area contributed by atoms with Gasteiger partial charge in [-0.3, -0.25) is 19.1 Å². The molecular formula is C22H28N4O7. The van der Waals surface area contributed by atoms with Gasteiger partial charge in [0.2, 0.25) is 5.91 Å². The maximum Gasteiger partial charge on any atom is 0.407 e. The van der Waals surface area contributed by atoms with Crippen LogP contribution in [-0.4, -0.2) is 56.2 Å². The third kappa shape index (κ3) is 7.34. The molecule has 1 unspecified atom stereocenters. The molecule has 11 heteroatoms. The number of H-pyrrole nitrogens is 1. The number of amides is 2. The number of carboxylic acids is 1. The lowest BCUT2D eigenvalue weighted by molar-refractivity contribution is -0.151. The summed E-state index contributed by atoms with van der Waals surface area (Å²) in [7, 11) is 0. The Balaban J connectivity index is 2.31. The van der Waals surface area contributed by atoms with Gasteiger partial charge < -0.3 is 20.1 Å². The first-order valence-electron chi connectivity index (χ1n) is 10.2. The fourth-order valence-electron chi connectivity index (χ4n) is 3.05. The first-order chi connectivity index (χ1) is 15.4. The van der Waals surface area contributed by atoms with Crippen LogP contribution in [0.3, 0.4) is 0 Å². The van der Waals surface area contributed by atoms with Gasteiger partial charge in [-0.25, -0.2) is 14.4 Å². The van der Waals surface area contributed by atoms with Crippen molar-refractivity contribution >= 4 is 18.0 Å². The molecule has 0 saturated carbocycles. The number of rotatable bonds is 8. The molecule has 33 heavy (non-hydrogen) atoms. The van der Waals surface area contributed by atoms with E-state index in [-0.39, 0.29) is 18.7 Å². The van der Waals surface area contributed by atoms with Gasteiger partial charge in [0.15, 0.2) is 6.04 Å². The van der Waals surface area contributed by atoms with Crippen molar-refractivity contribution in [2.75, 3.05) is 13.1 Å². The standard InChI is InChI=1S/C22H28N4O7/c1-14-12-25(20(31)24-18(14)28)13-16(27)26(11-10-23-21(32)33-22(2,3)4)17(19(29)30)15-8-6-5-7-9-15/h5-9,12,17H,10-11,13H2,1-4H3,(H,23,32)(H,29,30)(H,24,28,31). The molecule has 2 aromatic rings. The van der Waals surface area contributed by atoms with Crippen molar-refractivity contribution in [1.29, 1.82) is 0 Å². The van der Waals surface area contributed by atoms with E-state index in [1.165, 1.54) is 13.1 Å². The third-order valence-corrected chi connectivity index (χ3v) is 4.50. The van der Waals surface area contributed by atoms with Crippen LogP contribution in [0.15, 0.2) is 46.1 Å². The Morgan fingerprint density at radius 2 is 1.82 bits per heavy atom. The number of nitrogens with zero attached hydrogens (tertiary/aromatic N) is 2. The molecule has 1 aromatic heterocycles. The zero-order valence-corrected chi connectivity index (χ0v) is 19.0. The quantitative estimate of drug-likeness (QED) is 0.532. The number of benzene rings is 1. The van der Waals surface area contributed by atoms with Crippen molar-refractivity contribution in [1.82, 2.24) is 19.8 Å². The molecule has 1 heterocycles. The van der Waals surface area contributed by atoms with Crippen molar-refractivity contribution in [2.24, 2.45) is 0 Å². The minimum Gasteiger partial charge on any atom is -0.479 e. The summed E-state index contributed by atoms with van der Waals surface area (Å²) < 4.78 is 6.16. The van der Waals surface area contributed by atoms with E-state index in [2.05, 4.69) is 10.3 Å². The average Bonchev–Trinajstić information content (AvgIpc) is 2.70. The highest BCUT2D eigenvalue weighted by molar-refractivity contribution is 5.84. The Hall–Kier alpha value is -3.89. The van der Waals surface area contributed by atoms with Crippen LogP contribution in [-0.2, 0) is 20.9 Å². The fourth-order valence-corrected chi connectivity index (χ4v) is 3.05. The average molecular weight is 460 g/mol. The Morgan fingerprint density at radius 1 is 1.18 bits per heavy atom. The number of hydrogen-bond donors (Lipinski definition) is 3. The van der Waals surface area contributed by atoms with Crippen molar-refractivity contribution < 1.29 is 24.2 Å². The Kier molecular flexibility index (Phi) is 8.16. The van der Waals surface area contributed by atoms with Crippen LogP contribution in [0.5, 0.6) is 0 Å². The maximum atomic E-state index is 13.2. The van der Waals surface area contributed by atoms with E-state index in [1.54, 1.807) is 51.1 Å². The molecule has 1 aromatic carbocycles. The number of carboxylic acid groups (broad SMARTS) is 1. The van der Waals surface area contributed by atoms with Crippen LogP contribution in [0.25, 0.3) is 0 Å². The van der Waals surface area contributed by atoms with E-state index in [0.29, 0.717) is 5.56 Å². The predicted molar refractivity (Wildman–Crippen MR) is 119 cm³/mol. The second kappa shape index (κ2) is 10.6. The van der Waals surface area contributed by atoms with E-state index in [9.17, 15) is 29.1 Å². The normalized spacial score (nSPS) is 12.0. The summed E-state index contributed by atoms with van der Waals surface area (Å²) in [6.45, 7) is 5.82. The summed E-state index contributed by atoms with van der Waals surface area (Å²) in [5.74, 6) is -1.97. The SMILES string of the molecule is Cc1cn(CC(=O)N(CCNC(=O)OC(C)(C)C)C(C(=O)O)c2ccccc2)c(=O)[nH]c1=O. The van der Waals surface area contributed by atoms with Crippen molar-refractivity contribution in [2.45, 2.75) is 45.9 Å². The molecule has 0 saturated heterocycles. The number of aromatic nitrogens is 2. The van der Waals surface area contributed by atoms with Crippen LogP contribution < -0.4 is 16.6 Å². The van der Waals surface area contributed by atoms with Crippen molar-refractivity contribution in [3.05, 3.63) is 68.5 Å². The van der Waals surface area contributed by atoms with E-state index in [1.807, 2.05) is 0 Å². The van der Waals surface area contributed by atoms with Gasteiger partial charge in [0.1, 0.15) is 12.1 Å². The van der Waals surface area contributed by atoms with Crippen LogP contribution in [0.2, 0.25) is 0 Å². The van der Waals surface area contributed by atoms with Gasteiger partial charge in [-0.2, -0.15) is 0 Å². The molecule has 0 aliphatic carbocycles. The monoisotopic (exact) mass is 460 g/mol. The van der Waals surface area contributed by atoms with E-state index in [4.69, 9.17) is 4.74 Å². The van der Waals surface area contributed by atoms with E-state index in [0.717, 1.165) is 9.47 Å². The van der Waals surface area contributed by atoms with Gasteiger partial charge >= 0.3 is 17.8 Å². The number of carbonyl (C=O) groups excluding carboxylic acids is 2. The molecule has 2 amide bonds. The first kappa shape index (κ1) is 25.4. The van der Waals surface area contributed by atoms with Gasteiger partial charge in [-0.15, -0.1) is 0 Å². The minimum absolute atomic E-state index is 0.0865. The van der Waals surface area contributed by atoms with Crippen LogP contribution in [0, 0.1) is 6.92 Å². The molecule has 0 aliphatic heterocycles. The van der Waals surface area contributed by atoms with Gasteiger partial charge in [-0.1, -0.05) is 30.3 Å². The summed E-state index contributed by atoms with van der Waals surface area (Å²) in [4.78, 5) is 64.1. The number of hydrogen-bond acceptors (Lipinski definition) is 6. The summed E-state index contributed by atoms with van der Waals surface area (Å²) in [6.07, 6.45) is 0.517. The van der Waals surface area contributed by atoms with Gasteiger partial charge in [0.05, 0.1) is 0 Å². The molecule has 0 fully saturated rings. The zero-order chi connectivity index (χ0) is 24.8. The molecular weight excluding hydrogens is 432 g/mol. The zero-order valence-electron chi connectivity index (χ0n) is 19.0. The highest BCUT2D eigenvalue weighted by Gasteiger charge is 2.31. The molecule has 0 radical (unpaired) electrons. The van der Waals surface area contributed by atoms with Gasteiger partial charge in [0.25, 0.3) is 5.56 Å². The van der Waals surface area contributed by atoms with Gasteiger partial charge in [-0.05, 0) is 33.3 Å². The lowest BCUT2D eigenvalue weighted by Crippen LogP contribution is -2.46. The topological polar surface area (TPSA) is 151 Å². The lowest BCUT2D eigenvalue weighted by Gasteiger charge is -2.30. The van der Waals surface area contributed by atoms with E-state index >= 15 is 0 Å². The van der Waals surface area contributed by atoms with Gasteiger partial charge in [0, 0.05) is 24.8 Å². The fraction of sp³-hybridized carbons (Fsp3) is 0.409. The smallest absolute Gasteiger partial charge is 0.407 e. The maximum absolute atomic E-state index is 13.2. The summed E-state index contributed by atoms with van der Waals surface area (Å²) in [5.41, 5.74) is -1.53. The summed E-state index contributed by atoms with van der Waals surface area (Å²) in [6, 6.07) is 6.76. The molecule has 0 spiro atoms. The second-order valence-electron chi connectivity index (χ2n) is 8.37. The molecule has 0 aliphatic rings. The Labute approximate surface area is 190 Å². The van der Waals surface area contributed by atoms with E-state index < -0.39 is 47.4 Å². The molecule has 178 valence electrons. The molecule has 0 bridgehead atoms. The highest BCUT2D eigenvalue weighted by atomic mass is 16.6. The summed E-state index contributed by atoms with van der Waals surface area (Å²) >= 11 is 0. The van der Waals surface area contributed by atoms with Crippen LogP contribution >= 0.6 is 0 Å². The number of aliphatic carboxylic acids is 1. The molecule has 11 nitrogen and oxygen atoms in total. The number of carbonyl (C=O) groups is 3. The van der Waals surface area contributed by atoms with Crippen LogP contribution in [0.4, 0.5) is 4.79 Å². The number of aryl methyl sites for hydroxylation is 1.